The maximum atomic E-state index is 5.33. The maximum absolute atomic E-state index is 5.33. The van der Waals surface area contributed by atoms with Crippen molar-refractivity contribution in [2.24, 2.45) is 0 Å². The van der Waals surface area contributed by atoms with Crippen LogP contribution < -0.4 is 0 Å². The van der Waals surface area contributed by atoms with E-state index < -0.39 is 0 Å². The lowest BCUT2D eigenvalue weighted by Gasteiger charge is -2.08. The normalized spacial score (nSPS) is 12.8. The Morgan fingerprint density at radius 2 is 2.08 bits per heavy atom. The van der Waals surface area contributed by atoms with E-state index >= 15 is 0 Å². The third kappa shape index (κ3) is 7.76. The molecule has 0 aromatic carbocycles. The minimum absolute atomic E-state index is 0.139. The van der Waals surface area contributed by atoms with E-state index in [2.05, 4.69) is 13.5 Å². The highest BCUT2D eigenvalue weighted by Gasteiger charge is 1.94. The van der Waals surface area contributed by atoms with Gasteiger partial charge in [-0.2, -0.15) is 0 Å². The summed E-state index contributed by atoms with van der Waals surface area (Å²) >= 11 is 0. The Hall–Kier alpha value is -0.340. The Labute approximate surface area is 75.6 Å². The second kappa shape index (κ2) is 8.75. The maximum Gasteiger partial charge on any atom is 0.0726 e. The van der Waals surface area contributed by atoms with Crippen molar-refractivity contribution in [2.75, 3.05) is 19.8 Å². The first-order valence-corrected chi connectivity index (χ1v) is 4.63. The summed E-state index contributed by atoms with van der Waals surface area (Å²) in [6.45, 7) is 9.95. The fraction of sp³-hybridized carbons (Fsp3) is 0.800. The fourth-order valence-electron chi connectivity index (χ4n) is 0.709. The highest BCUT2D eigenvalue weighted by molar-refractivity contribution is 4.74. The molecule has 0 unspecified atom stereocenters. The molecule has 2 nitrogen and oxygen atoms in total. The lowest BCUT2D eigenvalue weighted by atomic mass is 10.4. The minimum atomic E-state index is 0.139. The molecule has 72 valence electrons. The zero-order valence-corrected chi connectivity index (χ0v) is 8.21. The van der Waals surface area contributed by atoms with Crippen molar-refractivity contribution in [2.45, 2.75) is 32.8 Å². The molecule has 0 aromatic heterocycles. The standard InChI is InChI=1S/C10H20O2/c1-4-6-7-11-8-9-12-10(3)5-2/h5,10H,2,4,6-9H2,1,3H3/t10-/m0/s1. The molecule has 0 rings (SSSR count). The third-order valence-electron chi connectivity index (χ3n) is 1.58. The van der Waals surface area contributed by atoms with Gasteiger partial charge in [-0.05, 0) is 13.3 Å². The van der Waals surface area contributed by atoms with Crippen molar-refractivity contribution in [3.05, 3.63) is 12.7 Å². The molecule has 1 atom stereocenters. The first-order chi connectivity index (χ1) is 5.81. The lowest BCUT2D eigenvalue weighted by molar-refractivity contribution is 0.0289. The Morgan fingerprint density at radius 1 is 1.33 bits per heavy atom. The van der Waals surface area contributed by atoms with Gasteiger partial charge in [-0.1, -0.05) is 19.4 Å². The molecule has 0 bridgehead atoms. The van der Waals surface area contributed by atoms with Crippen LogP contribution in [0.3, 0.4) is 0 Å². The second-order valence-electron chi connectivity index (χ2n) is 2.78. The van der Waals surface area contributed by atoms with Gasteiger partial charge in [-0.3, -0.25) is 0 Å². The van der Waals surface area contributed by atoms with Crippen molar-refractivity contribution >= 4 is 0 Å². The predicted molar refractivity (Wildman–Crippen MR) is 51.3 cm³/mol. The zero-order valence-electron chi connectivity index (χ0n) is 8.21. The Kier molecular flexibility index (Phi) is 8.51. The van der Waals surface area contributed by atoms with Crippen LogP contribution in [0.5, 0.6) is 0 Å². The van der Waals surface area contributed by atoms with E-state index in [1.807, 2.05) is 6.92 Å². The molecule has 0 amide bonds. The molecule has 0 radical (unpaired) electrons. The van der Waals surface area contributed by atoms with Crippen molar-refractivity contribution < 1.29 is 9.47 Å². The van der Waals surface area contributed by atoms with Crippen LogP contribution in [0.15, 0.2) is 12.7 Å². The number of unbranched alkanes of at least 4 members (excludes halogenated alkanes) is 1. The van der Waals surface area contributed by atoms with E-state index in [1.165, 1.54) is 6.42 Å². The van der Waals surface area contributed by atoms with E-state index in [9.17, 15) is 0 Å². The predicted octanol–water partition coefficient (Wildman–Crippen LogP) is 2.39. The van der Waals surface area contributed by atoms with E-state index in [1.54, 1.807) is 6.08 Å². The summed E-state index contributed by atoms with van der Waals surface area (Å²) in [4.78, 5) is 0. The summed E-state index contributed by atoms with van der Waals surface area (Å²) in [5.41, 5.74) is 0. The lowest BCUT2D eigenvalue weighted by Crippen LogP contribution is -2.10. The molecule has 0 saturated heterocycles. The van der Waals surface area contributed by atoms with E-state index in [0.717, 1.165) is 13.0 Å². The molecule has 0 fully saturated rings. The number of rotatable bonds is 8. The van der Waals surface area contributed by atoms with E-state index in [-0.39, 0.29) is 6.10 Å². The molecule has 12 heavy (non-hydrogen) atoms. The van der Waals surface area contributed by atoms with Gasteiger partial charge in [0.2, 0.25) is 0 Å². The average molecular weight is 172 g/mol. The molecule has 0 aromatic rings. The van der Waals surface area contributed by atoms with Gasteiger partial charge in [0, 0.05) is 6.61 Å². The number of hydrogen-bond donors (Lipinski definition) is 0. The smallest absolute Gasteiger partial charge is 0.0726 e. The van der Waals surface area contributed by atoms with Crippen LogP contribution in [-0.2, 0) is 9.47 Å². The largest absolute Gasteiger partial charge is 0.379 e. The van der Waals surface area contributed by atoms with Gasteiger partial charge in [-0.15, -0.1) is 6.58 Å². The molecule has 0 aliphatic carbocycles. The molecule has 0 N–H and O–H groups in total. The summed E-state index contributed by atoms with van der Waals surface area (Å²) in [7, 11) is 0. The van der Waals surface area contributed by atoms with Crippen LogP contribution in [0.2, 0.25) is 0 Å². The van der Waals surface area contributed by atoms with Crippen molar-refractivity contribution in [3.63, 3.8) is 0 Å². The van der Waals surface area contributed by atoms with Crippen LogP contribution in [0.4, 0.5) is 0 Å². The molecule has 0 spiro atoms. The molecule has 2 heteroatoms. The second-order valence-corrected chi connectivity index (χ2v) is 2.78. The minimum Gasteiger partial charge on any atom is -0.379 e. The van der Waals surface area contributed by atoms with Gasteiger partial charge >= 0.3 is 0 Å². The van der Waals surface area contributed by atoms with Gasteiger partial charge in [0.15, 0.2) is 0 Å². The highest BCUT2D eigenvalue weighted by atomic mass is 16.5. The molecule has 0 saturated carbocycles. The zero-order chi connectivity index (χ0) is 9.23. The highest BCUT2D eigenvalue weighted by Crippen LogP contribution is 1.92. The van der Waals surface area contributed by atoms with Crippen molar-refractivity contribution in [1.29, 1.82) is 0 Å². The Morgan fingerprint density at radius 3 is 2.67 bits per heavy atom. The summed E-state index contributed by atoms with van der Waals surface area (Å²) in [5, 5.41) is 0. The monoisotopic (exact) mass is 172 g/mol. The topological polar surface area (TPSA) is 18.5 Å². The molecular weight excluding hydrogens is 152 g/mol. The summed E-state index contributed by atoms with van der Waals surface area (Å²) < 4.78 is 10.6. The Bertz CT molecular complexity index is 102. The van der Waals surface area contributed by atoms with Gasteiger partial charge in [-0.25, -0.2) is 0 Å². The van der Waals surface area contributed by atoms with Crippen LogP contribution in [0.1, 0.15) is 26.7 Å². The van der Waals surface area contributed by atoms with Gasteiger partial charge in [0.25, 0.3) is 0 Å². The summed E-state index contributed by atoms with van der Waals surface area (Å²) in [5.74, 6) is 0. The fourth-order valence-corrected chi connectivity index (χ4v) is 0.709. The van der Waals surface area contributed by atoms with Crippen LogP contribution >= 0.6 is 0 Å². The Balaban J connectivity index is 2.95. The third-order valence-corrected chi connectivity index (χ3v) is 1.58. The molecular formula is C10H20O2. The molecule has 0 aliphatic rings. The summed E-state index contributed by atoms with van der Waals surface area (Å²) in [6.07, 6.45) is 4.24. The number of hydrogen-bond acceptors (Lipinski definition) is 2. The first kappa shape index (κ1) is 11.7. The van der Waals surface area contributed by atoms with E-state index in [0.29, 0.717) is 13.2 Å². The van der Waals surface area contributed by atoms with Crippen molar-refractivity contribution in [1.82, 2.24) is 0 Å². The molecule has 0 aliphatic heterocycles. The van der Waals surface area contributed by atoms with E-state index in [4.69, 9.17) is 9.47 Å². The SMILES string of the molecule is C=C[C@H](C)OCCOCCCC. The van der Waals surface area contributed by atoms with Gasteiger partial charge in [0.1, 0.15) is 0 Å². The van der Waals surface area contributed by atoms with Crippen LogP contribution in [0, 0.1) is 0 Å². The van der Waals surface area contributed by atoms with Gasteiger partial charge < -0.3 is 9.47 Å². The summed E-state index contributed by atoms with van der Waals surface area (Å²) in [6, 6.07) is 0. The van der Waals surface area contributed by atoms with Crippen LogP contribution in [-0.4, -0.2) is 25.9 Å². The van der Waals surface area contributed by atoms with Gasteiger partial charge in [0.05, 0.1) is 19.3 Å². The van der Waals surface area contributed by atoms with Crippen LogP contribution in [0.25, 0.3) is 0 Å². The van der Waals surface area contributed by atoms with Crippen molar-refractivity contribution in [3.8, 4) is 0 Å². The average Bonchev–Trinajstić information content (AvgIpc) is 2.10. The number of ether oxygens (including phenoxy) is 2. The first-order valence-electron chi connectivity index (χ1n) is 4.63. The molecule has 0 heterocycles. The quantitative estimate of drug-likeness (QED) is 0.413.